The molecule has 1 N–H and O–H groups in total. The second-order valence-corrected chi connectivity index (χ2v) is 5.68. The minimum absolute atomic E-state index is 0.850. The lowest BCUT2D eigenvalue weighted by Gasteiger charge is -2.23. The molecule has 0 aliphatic carbocycles. The van der Waals surface area contributed by atoms with E-state index in [-0.39, 0.29) is 0 Å². The molecule has 0 aliphatic heterocycles. The second-order valence-electron chi connectivity index (χ2n) is 4.90. The number of aromatic nitrogens is 1. The highest BCUT2D eigenvalue weighted by molar-refractivity contribution is 7.07. The van der Waals surface area contributed by atoms with Gasteiger partial charge in [0.15, 0.2) is 0 Å². The van der Waals surface area contributed by atoms with Crippen LogP contribution in [0.1, 0.15) is 22.4 Å². The summed E-state index contributed by atoms with van der Waals surface area (Å²) in [5.74, 6) is 1.08. The first-order valence-electron chi connectivity index (χ1n) is 6.45. The van der Waals surface area contributed by atoms with Gasteiger partial charge in [-0.25, -0.2) is 4.98 Å². The minimum Gasteiger partial charge on any atom is -0.355 e. The van der Waals surface area contributed by atoms with Crippen molar-refractivity contribution in [2.24, 2.45) is 0 Å². The van der Waals surface area contributed by atoms with E-state index in [1.807, 2.05) is 7.05 Å². The standard InChI is InChI=1S/C15H21N3S/c1-11-7-12(2)17-15(14(11)8-16-3)18(4)9-13-5-6-19-10-13/h5-7,10,16H,8-9H2,1-4H3. The van der Waals surface area contributed by atoms with E-state index in [1.165, 1.54) is 16.7 Å². The smallest absolute Gasteiger partial charge is 0.133 e. The molecule has 0 saturated heterocycles. The zero-order valence-corrected chi connectivity index (χ0v) is 12.8. The first kappa shape index (κ1) is 14.0. The summed E-state index contributed by atoms with van der Waals surface area (Å²) in [5.41, 5.74) is 4.99. The van der Waals surface area contributed by atoms with E-state index in [0.29, 0.717) is 0 Å². The third-order valence-corrected chi connectivity index (χ3v) is 3.90. The molecule has 2 rings (SSSR count). The second kappa shape index (κ2) is 6.17. The highest BCUT2D eigenvalue weighted by Crippen LogP contribution is 2.23. The van der Waals surface area contributed by atoms with Gasteiger partial charge >= 0.3 is 0 Å². The molecule has 0 aromatic carbocycles. The fourth-order valence-corrected chi connectivity index (χ4v) is 2.95. The van der Waals surface area contributed by atoms with Crippen LogP contribution in [0.25, 0.3) is 0 Å². The van der Waals surface area contributed by atoms with Gasteiger partial charge < -0.3 is 10.2 Å². The summed E-state index contributed by atoms with van der Waals surface area (Å²) >= 11 is 1.74. The van der Waals surface area contributed by atoms with E-state index < -0.39 is 0 Å². The highest BCUT2D eigenvalue weighted by atomic mass is 32.1. The van der Waals surface area contributed by atoms with E-state index in [0.717, 1.165) is 24.6 Å². The molecule has 0 bridgehead atoms. The Balaban J connectivity index is 2.31. The van der Waals surface area contributed by atoms with Crippen LogP contribution in [-0.2, 0) is 13.1 Å². The van der Waals surface area contributed by atoms with Crippen molar-refractivity contribution in [1.29, 1.82) is 0 Å². The van der Waals surface area contributed by atoms with E-state index in [9.17, 15) is 0 Å². The van der Waals surface area contributed by atoms with E-state index in [4.69, 9.17) is 4.98 Å². The fraction of sp³-hybridized carbons (Fsp3) is 0.400. The lowest BCUT2D eigenvalue weighted by molar-refractivity contribution is 0.787. The Hall–Kier alpha value is -1.39. The maximum atomic E-state index is 4.72. The first-order valence-corrected chi connectivity index (χ1v) is 7.40. The van der Waals surface area contributed by atoms with Gasteiger partial charge in [-0.05, 0) is 54.9 Å². The van der Waals surface area contributed by atoms with Crippen LogP contribution in [0.2, 0.25) is 0 Å². The number of anilines is 1. The minimum atomic E-state index is 0.850. The number of hydrogen-bond donors (Lipinski definition) is 1. The van der Waals surface area contributed by atoms with Crippen molar-refractivity contribution < 1.29 is 0 Å². The van der Waals surface area contributed by atoms with Crippen LogP contribution in [-0.4, -0.2) is 19.1 Å². The maximum absolute atomic E-state index is 4.72. The number of rotatable bonds is 5. The van der Waals surface area contributed by atoms with Crippen molar-refractivity contribution in [2.75, 3.05) is 19.0 Å². The van der Waals surface area contributed by atoms with Crippen LogP contribution in [0.3, 0.4) is 0 Å². The molecule has 4 heteroatoms. The topological polar surface area (TPSA) is 28.2 Å². The van der Waals surface area contributed by atoms with E-state index in [2.05, 4.69) is 54.0 Å². The molecule has 0 amide bonds. The van der Waals surface area contributed by atoms with Gasteiger partial charge in [0, 0.05) is 31.4 Å². The molecule has 0 radical (unpaired) electrons. The van der Waals surface area contributed by atoms with E-state index in [1.54, 1.807) is 11.3 Å². The highest BCUT2D eigenvalue weighted by Gasteiger charge is 2.12. The van der Waals surface area contributed by atoms with Crippen LogP contribution < -0.4 is 10.2 Å². The van der Waals surface area contributed by atoms with Crippen molar-refractivity contribution in [3.8, 4) is 0 Å². The largest absolute Gasteiger partial charge is 0.355 e. The number of hydrogen-bond acceptors (Lipinski definition) is 4. The lowest BCUT2D eigenvalue weighted by atomic mass is 10.1. The molecule has 0 atom stereocenters. The Kier molecular flexibility index (Phi) is 4.56. The summed E-state index contributed by atoms with van der Waals surface area (Å²) in [5, 5.41) is 7.54. The summed E-state index contributed by atoms with van der Waals surface area (Å²) < 4.78 is 0. The van der Waals surface area contributed by atoms with Gasteiger partial charge in [0.2, 0.25) is 0 Å². The maximum Gasteiger partial charge on any atom is 0.133 e. The Morgan fingerprint density at radius 3 is 2.79 bits per heavy atom. The molecule has 102 valence electrons. The average Bonchev–Trinajstić information content (AvgIpc) is 2.85. The summed E-state index contributed by atoms with van der Waals surface area (Å²) in [6.45, 7) is 5.96. The molecule has 0 spiro atoms. The number of nitrogens with one attached hydrogen (secondary N) is 1. The quantitative estimate of drug-likeness (QED) is 0.909. The number of nitrogens with zero attached hydrogens (tertiary/aromatic N) is 2. The average molecular weight is 275 g/mol. The molecule has 0 unspecified atom stereocenters. The molecule has 2 aromatic rings. The summed E-state index contributed by atoms with van der Waals surface area (Å²) in [4.78, 5) is 6.95. The summed E-state index contributed by atoms with van der Waals surface area (Å²) in [6, 6.07) is 4.32. The Labute approximate surface area is 119 Å². The molecule has 0 fully saturated rings. The van der Waals surface area contributed by atoms with Crippen molar-refractivity contribution in [3.05, 3.63) is 45.3 Å². The first-order chi connectivity index (χ1) is 9.11. The lowest BCUT2D eigenvalue weighted by Crippen LogP contribution is -2.22. The van der Waals surface area contributed by atoms with Crippen molar-refractivity contribution in [1.82, 2.24) is 10.3 Å². The monoisotopic (exact) mass is 275 g/mol. The zero-order valence-electron chi connectivity index (χ0n) is 12.0. The molecule has 2 aromatic heterocycles. The van der Waals surface area contributed by atoms with Crippen LogP contribution in [0.5, 0.6) is 0 Å². The molecule has 0 aliphatic rings. The third-order valence-electron chi connectivity index (χ3n) is 3.17. The third kappa shape index (κ3) is 3.33. The number of pyridine rings is 1. The van der Waals surface area contributed by atoms with E-state index >= 15 is 0 Å². The van der Waals surface area contributed by atoms with Gasteiger partial charge in [-0.3, -0.25) is 0 Å². The van der Waals surface area contributed by atoms with Crippen molar-refractivity contribution in [2.45, 2.75) is 26.9 Å². The van der Waals surface area contributed by atoms with Gasteiger partial charge in [-0.2, -0.15) is 11.3 Å². The normalized spacial score (nSPS) is 10.7. The Morgan fingerprint density at radius 1 is 1.37 bits per heavy atom. The molecule has 19 heavy (non-hydrogen) atoms. The Morgan fingerprint density at radius 2 is 2.16 bits per heavy atom. The van der Waals surface area contributed by atoms with Crippen molar-refractivity contribution >= 4 is 17.2 Å². The molecule has 0 saturated carbocycles. The van der Waals surface area contributed by atoms with Crippen LogP contribution in [0.15, 0.2) is 22.9 Å². The summed E-state index contributed by atoms with van der Waals surface area (Å²) in [6.07, 6.45) is 0. The molecule has 3 nitrogen and oxygen atoms in total. The van der Waals surface area contributed by atoms with Crippen LogP contribution in [0.4, 0.5) is 5.82 Å². The van der Waals surface area contributed by atoms with Gasteiger partial charge in [0.25, 0.3) is 0 Å². The number of aryl methyl sites for hydroxylation is 2. The number of thiophene rings is 1. The molecule has 2 heterocycles. The van der Waals surface area contributed by atoms with Gasteiger partial charge in [-0.1, -0.05) is 0 Å². The Bertz CT molecular complexity index is 535. The van der Waals surface area contributed by atoms with Gasteiger partial charge in [-0.15, -0.1) is 0 Å². The summed E-state index contributed by atoms with van der Waals surface area (Å²) in [7, 11) is 4.08. The van der Waals surface area contributed by atoms with Crippen LogP contribution >= 0.6 is 11.3 Å². The molecular formula is C15H21N3S. The van der Waals surface area contributed by atoms with Gasteiger partial charge in [0.05, 0.1) is 0 Å². The fourth-order valence-electron chi connectivity index (χ4n) is 2.29. The predicted molar refractivity (Wildman–Crippen MR) is 82.9 cm³/mol. The predicted octanol–water partition coefficient (Wildman–Crippen LogP) is 3.12. The van der Waals surface area contributed by atoms with Crippen LogP contribution in [0, 0.1) is 13.8 Å². The zero-order chi connectivity index (χ0) is 13.8. The molecular weight excluding hydrogens is 254 g/mol. The SMILES string of the molecule is CNCc1c(C)cc(C)nc1N(C)Cc1ccsc1. The van der Waals surface area contributed by atoms with Gasteiger partial charge in [0.1, 0.15) is 5.82 Å². The van der Waals surface area contributed by atoms with Crippen molar-refractivity contribution in [3.63, 3.8) is 0 Å².